The molecule has 0 aliphatic rings. The molecule has 0 unspecified atom stereocenters. The first-order chi connectivity index (χ1) is 10.2. The minimum Gasteiger partial charge on any atom is -0.343 e. The van der Waals surface area contributed by atoms with Crippen molar-refractivity contribution in [3.05, 3.63) is 64.6 Å². The number of pyridine rings is 1. The van der Waals surface area contributed by atoms with Crippen LogP contribution in [0.15, 0.2) is 42.9 Å². The molecular weight excluding hydrogens is 282 g/mol. The van der Waals surface area contributed by atoms with Crippen LogP contribution in [0.5, 0.6) is 0 Å². The highest BCUT2D eigenvalue weighted by atomic mass is 35.5. The summed E-state index contributed by atoms with van der Waals surface area (Å²) in [5, 5.41) is 1.98. The molecule has 3 rings (SSSR count). The molecule has 0 atom stereocenters. The monoisotopic (exact) mass is 299 g/mol. The van der Waals surface area contributed by atoms with Gasteiger partial charge in [0, 0.05) is 35.5 Å². The van der Waals surface area contributed by atoms with Crippen LogP contribution < -0.4 is 5.73 Å². The maximum atomic E-state index is 6.15. The number of hydrogen-bond acceptors (Lipinski definition) is 2. The van der Waals surface area contributed by atoms with Crippen molar-refractivity contribution >= 4 is 22.5 Å². The van der Waals surface area contributed by atoms with E-state index < -0.39 is 0 Å². The summed E-state index contributed by atoms with van der Waals surface area (Å²) < 4.78 is 2.22. The molecule has 1 aromatic carbocycles. The normalized spacial score (nSPS) is 11.2. The van der Waals surface area contributed by atoms with Gasteiger partial charge in [0.15, 0.2) is 0 Å². The second-order valence-electron chi connectivity index (χ2n) is 5.35. The van der Waals surface area contributed by atoms with Crippen LogP contribution in [-0.4, -0.2) is 16.1 Å². The predicted octanol–water partition coefficient (Wildman–Crippen LogP) is 3.55. The lowest BCUT2D eigenvalue weighted by Gasteiger charge is -2.06. The number of hydrogen-bond donors (Lipinski definition) is 1. The van der Waals surface area contributed by atoms with Crippen LogP contribution in [0.3, 0.4) is 0 Å². The highest BCUT2D eigenvalue weighted by Gasteiger charge is 2.09. The molecule has 0 aliphatic carbocycles. The van der Waals surface area contributed by atoms with E-state index in [9.17, 15) is 0 Å². The predicted molar refractivity (Wildman–Crippen MR) is 87.8 cm³/mol. The van der Waals surface area contributed by atoms with Gasteiger partial charge >= 0.3 is 0 Å². The van der Waals surface area contributed by atoms with Crippen LogP contribution in [0.1, 0.15) is 16.7 Å². The first kappa shape index (κ1) is 14.1. The Morgan fingerprint density at radius 3 is 2.86 bits per heavy atom. The lowest BCUT2D eigenvalue weighted by atomic mass is 10.1. The van der Waals surface area contributed by atoms with E-state index in [0.717, 1.165) is 23.5 Å². The molecule has 2 heterocycles. The van der Waals surface area contributed by atoms with Crippen LogP contribution in [-0.2, 0) is 13.0 Å². The molecule has 0 saturated carbocycles. The smallest absolute Gasteiger partial charge is 0.0501 e. The Bertz CT molecular complexity index is 777. The quantitative estimate of drug-likeness (QED) is 0.800. The molecule has 4 heteroatoms. The van der Waals surface area contributed by atoms with Crippen molar-refractivity contribution in [2.24, 2.45) is 5.73 Å². The fourth-order valence-corrected chi connectivity index (χ4v) is 2.89. The summed E-state index contributed by atoms with van der Waals surface area (Å²) in [6.07, 6.45) is 6.83. The van der Waals surface area contributed by atoms with Gasteiger partial charge in [-0.1, -0.05) is 23.7 Å². The van der Waals surface area contributed by atoms with Crippen LogP contribution in [0.2, 0.25) is 5.02 Å². The van der Waals surface area contributed by atoms with Crippen molar-refractivity contribution in [3.8, 4) is 0 Å². The third-order valence-corrected chi connectivity index (χ3v) is 3.86. The first-order valence-electron chi connectivity index (χ1n) is 7.05. The first-order valence-corrected chi connectivity index (χ1v) is 7.43. The van der Waals surface area contributed by atoms with Crippen molar-refractivity contribution in [1.82, 2.24) is 9.55 Å². The van der Waals surface area contributed by atoms with Crippen LogP contribution in [0.4, 0.5) is 0 Å². The molecular formula is C17H18ClN3. The fraction of sp³-hybridized carbons (Fsp3) is 0.235. The Balaban J connectivity index is 2.06. The highest BCUT2D eigenvalue weighted by molar-refractivity contribution is 6.31. The minimum absolute atomic E-state index is 0.647. The van der Waals surface area contributed by atoms with E-state index in [4.69, 9.17) is 17.3 Å². The zero-order valence-corrected chi connectivity index (χ0v) is 12.8. The number of halogens is 1. The van der Waals surface area contributed by atoms with Gasteiger partial charge < -0.3 is 10.3 Å². The lowest BCUT2D eigenvalue weighted by molar-refractivity contribution is 0.821. The van der Waals surface area contributed by atoms with Gasteiger partial charge in [0.2, 0.25) is 0 Å². The Morgan fingerprint density at radius 2 is 2.10 bits per heavy atom. The Kier molecular flexibility index (Phi) is 3.95. The molecule has 0 amide bonds. The molecule has 2 aromatic heterocycles. The van der Waals surface area contributed by atoms with E-state index in [0.29, 0.717) is 6.54 Å². The maximum Gasteiger partial charge on any atom is 0.0501 e. The van der Waals surface area contributed by atoms with Crippen LogP contribution >= 0.6 is 11.6 Å². The van der Waals surface area contributed by atoms with Crippen molar-refractivity contribution in [2.45, 2.75) is 19.9 Å². The number of nitrogens with two attached hydrogens (primary N) is 1. The van der Waals surface area contributed by atoms with Gasteiger partial charge in [-0.25, -0.2) is 0 Å². The molecule has 3 nitrogen and oxygen atoms in total. The molecule has 108 valence electrons. The van der Waals surface area contributed by atoms with E-state index in [2.05, 4.69) is 34.8 Å². The number of benzene rings is 1. The van der Waals surface area contributed by atoms with Crippen molar-refractivity contribution < 1.29 is 0 Å². The fourth-order valence-electron chi connectivity index (χ4n) is 2.73. The third kappa shape index (κ3) is 2.94. The van der Waals surface area contributed by atoms with Gasteiger partial charge in [-0.15, -0.1) is 0 Å². The van der Waals surface area contributed by atoms with E-state index in [1.807, 2.05) is 24.5 Å². The second-order valence-corrected chi connectivity index (χ2v) is 5.79. The van der Waals surface area contributed by atoms with Gasteiger partial charge in [-0.2, -0.15) is 0 Å². The minimum atomic E-state index is 0.647. The van der Waals surface area contributed by atoms with E-state index in [1.165, 1.54) is 22.1 Å². The molecule has 0 bridgehead atoms. The molecule has 0 spiro atoms. The van der Waals surface area contributed by atoms with Gasteiger partial charge in [-0.3, -0.25) is 4.98 Å². The Labute approximate surface area is 129 Å². The molecule has 0 fully saturated rings. The highest BCUT2D eigenvalue weighted by Crippen LogP contribution is 2.26. The molecule has 2 N–H and O–H groups in total. The average Bonchev–Trinajstić information content (AvgIpc) is 2.77. The number of rotatable bonds is 4. The lowest BCUT2D eigenvalue weighted by Crippen LogP contribution is -2.02. The van der Waals surface area contributed by atoms with Crippen LogP contribution in [0.25, 0.3) is 10.9 Å². The summed E-state index contributed by atoms with van der Waals surface area (Å²) in [5.74, 6) is 0. The third-order valence-electron chi connectivity index (χ3n) is 3.63. The second kappa shape index (κ2) is 5.88. The SMILES string of the molecule is Cc1cncc(Cn2cc(CCN)c3ccc(Cl)cc32)c1. The number of aryl methyl sites for hydroxylation is 1. The summed E-state index contributed by atoms with van der Waals surface area (Å²) in [6, 6.07) is 8.18. The zero-order chi connectivity index (χ0) is 14.8. The summed E-state index contributed by atoms with van der Waals surface area (Å²) in [6.45, 7) is 3.49. The Hall–Kier alpha value is -1.84. The molecule has 0 saturated heterocycles. The Morgan fingerprint density at radius 1 is 1.24 bits per heavy atom. The summed E-state index contributed by atoms with van der Waals surface area (Å²) >= 11 is 6.15. The van der Waals surface area contributed by atoms with Crippen molar-refractivity contribution in [1.29, 1.82) is 0 Å². The molecule has 0 radical (unpaired) electrons. The van der Waals surface area contributed by atoms with Gasteiger partial charge in [0.1, 0.15) is 0 Å². The van der Waals surface area contributed by atoms with E-state index in [1.54, 1.807) is 0 Å². The van der Waals surface area contributed by atoms with Crippen molar-refractivity contribution in [3.63, 3.8) is 0 Å². The van der Waals surface area contributed by atoms with Gasteiger partial charge in [0.25, 0.3) is 0 Å². The van der Waals surface area contributed by atoms with E-state index in [-0.39, 0.29) is 0 Å². The number of fused-ring (bicyclic) bond motifs is 1. The number of nitrogens with zero attached hydrogens (tertiary/aromatic N) is 2. The van der Waals surface area contributed by atoms with Crippen molar-refractivity contribution in [2.75, 3.05) is 6.54 Å². The molecule has 21 heavy (non-hydrogen) atoms. The van der Waals surface area contributed by atoms with E-state index >= 15 is 0 Å². The van der Waals surface area contributed by atoms with Gasteiger partial charge in [0.05, 0.1) is 5.52 Å². The average molecular weight is 300 g/mol. The maximum absolute atomic E-state index is 6.15. The summed E-state index contributed by atoms with van der Waals surface area (Å²) in [5.41, 5.74) is 10.5. The molecule has 3 aromatic rings. The summed E-state index contributed by atoms with van der Waals surface area (Å²) in [4.78, 5) is 4.26. The zero-order valence-electron chi connectivity index (χ0n) is 12.0. The van der Waals surface area contributed by atoms with Crippen LogP contribution in [0, 0.1) is 6.92 Å². The largest absolute Gasteiger partial charge is 0.343 e. The summed E-state index contributed by atoms with van der Waals surface area (Å²) in [7, 11) is 0. The van der Waals surface area contributed by atoms with Gasteiger partial charge in [-0.05, 0) is 48.7 Å². The standard InChI is InChI=1S/C17H18ClN3/c1-12-6-13(9-20-8-12)10-21-11-14(4-5-19)16-3-2-15(18)7-17(16)21/h2-3,6-9,11H,4-5,10,19H2,1H3. The topological polar surface area (TPSA) is 43.8 Å². The number of aromatic nitrogens is 2. The molecule has 0 aliphatic heterocycles.